The maximum absolute atomic E-state index is 11.9. The Balaban J connectivity index is 1.43. The second-order valence-corrected chi connectivity index (χ2v) is 15.6. The largest absolute Gasteiger partial charge is 0.394 e. The molecule has 352 valence electrons. The SMILES string of the molecule is CC1O[C@@H](O[C@@H]2C(O)[C@H](O[C@@H]3C(CO)O[C@H](OC4[C@@H](OCCCCCN)OC(CO)[C@@H](O)[C@@H]4O)C(O)[C@H]3O[C@@H]3OC(C)[C@H](O)[C@H](O)C3O)OC(CO)[C@H]2O)C(O)[C@@H](O)[C@H]1O. The van der Waals surface area contributed by atoms with Crippen LogP contribution in [0.2, 0.25) is 0 Å². The van der Waals surface area contributed by atoms with E-state index in [0.717, 1.165) is 0 Å². The summed E-state index contributed by atoms with van der Waals surface area (Å²) in [5.74, 6) is 0. The molecule has 10 unspecified atom stereocenters. The van der Waals surface area contributed by atoms with E-state index in [0.29, 0.717) is 25.8 Å². The minimum Gasteiger partial charge on any atom is -0.394 e. The smallest absolute Gasteiger partial charge is 0.187 e. The average Bonchev–Trinajstić information content (AvgIpc) is 3.23. The topological polar surface area (TPSA) is 402 Å². The fraction of sp³-hybridized carbons (Fsp3) is 1.00. The molecule has 25 heteroatoms. The van der Waals surface area contributed by atoms with Crippen molar-refractivity contribution in [2.24, 2.45) is 5.73 Å². The molecule has 0 amide bonds. The van der Waals surface area contributed by atoms with Crippen LogP contribution in [-0.4, -0.2) is 258 Å². The Morgan fingerprint density at radius 2 is 0.817 bits per heavy atom. The van der Waals surface area contributed by atoms with Crippen molar-refractivity contribution in [3.05, 3.63) is 0 Å². The molecule has 0 saturated carbocycles. The van der Waals surface area contributed by atoms with Crippen LogP contribution in [0.1, 0.15) is 33.1 Å². The Morgan fingerprint density at radius 1 is 0.383 bits per heavy atom. The summed E-state index contributed by atoms with van der Waals surface area (Å²) >= 11 is 0. The maximum Gasteiger partial charge on any atom is 0.187 e. The summed E-state index contributed by atoms with van der Waals surface area (Å²) in [5, 5.41) is 150. The van der Waals surface area contributed by atoms with Gasteiger partial charge in [0.05, 0.1) is 32.0 Å². The molecule has 60 heavy (non-hydrogen) atoms. The number of aliphatic hydroxyl groups excluding tert-OH is 14. The van der Waals surface area contributed by atoms with Gasteiger partial charge in [-0.2, -0.15) is 0 Å². The molecule has 5 saturated heterocycles. The van der Waals surface area contributed by atoms with Crippen LogP contribution >= 0.6 is 0 Å². The van der Waals surface area contributed by atoms with Gasteiger partial charge in [0.15, 0.2) is 31.5 Å². The van der Waals surface area contributed by atoms with Gasteiger partial charge in [-0.1, -0.05) is 0 Å². The van der Waals surface area contributed by atoms with Crippen LogP contribution in [0, 0.1) is 0 Å². The third kappa shape index (κ3) is 10.9. The quantitative estimate of drug-likeness (QED) is 0.0603. The predicted molar refractivity (Wildman–Crippen MR) is 190 cm³/mol. The van der Waals surface area contributed by atoms with Crippen molar-refractivity contribution >= 4 is 0 Å². The van der Waals surface area contributed by atoms with Gasteiger partial charge in [0, 0.05) is 6.61 Å². The minimum atomic E-state index is -2.09. The number of unbranched alkanes of at least 4 members (excludes halogenated alkanes) is 2. The van der Waals surface area contributed by atoms with Crippen LogP contribution in [0.5, 0.6) is 0 Å². The summed E-state index contributed by atoms with van der Waals surface area (Å²) in [6.07, 6.45) is -41.2. The van der Waals surface area contributed by atoms with Crippen LogP contribution in [0.4, 0.5) is 0 Å². The van der Waals surface area contributed by atoms with Crippen LogP contribution in [-0.2, 0) is 47.4 Å². The van der Waals surface area contributed by atoms with Gasteiger partial charge in [-0.05, 0) is 39.7 Å². The third-order valence-corrected chi connectivity index (χ3v) is 11.4. The summed E-state index contributed by atoms with van der Waals surface area (Å²) in [6, 6.07) is 0. The highest BCUT2D eigenvalue weighted by atomic mass is 16.8. The van der Waals surface area contributed by atoms with E-state index in [2.05, 4.69) is 0 Å². The van der Waals surface area contributed by atoms with Crippen molar-refractivity contribution in [2.75, 3.05) is 33.0 Å². The Bertz CT molecular complexity index is 1280. The van der Waals surface area contributed by atoms with E-state index in [1.54, 1.807) is 0 Å². The fourth-order valence-electron chi connectivity index (χ4n) is 7.63. The lowest BCUT2D eigenvalue weighted by Gasteiger charge is -2.50. The lowest BCUT2D eigenvalue weighted by atomic mass is 9.95. The maximum atomic E-state index is 11.9. The molecule has 0 aliphatic carbocycles. The van der Waals surface area contributed by atoms with Crippen molar-refractivity contribution in [3.63, 3.8) is 0 Å². The summed E-state index contributed by atoms with van der Waals surface area (Å²) < 4.78 is 57.8. The second kappa shape index (κ2) is 22.3. The molecule has 25 nitrogen and oxygen atoms in total. The summed E-state index contributed by atoms with van der Waals surface area (Å²) in [7, 11) is 0. The van der Waals surface area contributed by atoms with Gasteiger partial charge < -0.3 is 125 Å². The molecule has 0 spiro atoms. The first-order chi connectivity index (χ1) is 28.5. The van der Waals surface area contributed by atoms with Gasteiger partial charge in [0.25, 0.3) is 0 Å². The number of ether oxygens (including phenoxy) is 10. The summed E-state index contributed by atoms with van der Waals surface area (Å²) in [5.41, 5.74) is 5.56. The number of hydrogen-bond acceptors (Lipinski definition) is 25. The Morgan fingerprint density at radius 3 is 1.35 bits per heavy atom. The molecular formula is C35H63NO24. The van der Waals surface area contributed by atoms with Gasteiger partial charge in [0.2, 0.25) is 0 Å². The molecule has 0 aromatic rings. The van der Waals surface area contributed by atoms with E-state index in [9.17, 15) is 71.5 Å². The minimum absolute atomic E-state index is 0.0507. The Hall–Kier alpha value is -1.00. The first kappa shape index (κ1) is 50.0. The van der Waals surface area contributed by atoms with Crippen molar-refractivity contribution in [2.45, 2.75) is 187 Å². The molecule has 0 radical (unpaired) electrons. The Labute approximate surface area is 344 Å². The van der Waals surface area contributed by atoms with E-state index in [-0.39, 0.29) is 6.61 Å². The first-order valence-corrected chi connectivity index (χ1v) is 20.0. The summed E-state index contributed by atoms with van der Waals surface area (Å²) in [4.78, 5) is 0. The average molecular weight is 882 g/mol. The zero-order valence-electron chi connectivity index (χ0n) is 33.0. The number of rotatable bonds is 17. The first-order valence-electron chi connectivity index (χ1n) is 20.0. The van der Waals surface area contributed by atoms with Gasteiger partial charge in [-0.3, -0.25) is 0 Å². The van der Waals surface area contributed by atoms with Crippen molar-refractivity contribution in [1.82, 2.24) is 0 Å². The zero-order chi connectivity index (χ0) is 44.2. The van der Waals surface area contributed by atoms with E-state index in [1.807, 2.05) is 0 Å². The highest BCUT2D eigenvalue weighted by Crippen LogP contribution is 2.37. The van der Waals surface area contributed by atoms with Gasteiger partial charge in [0.1, 0.15) is 110 Å². The standard InChI is InChI=1S/C35H63NO24/c1-11-16(40)20(44)23(47)31(52-11)58-28-19(43)14(9-38)54-33(25(28)49)57-27-15(10-39)56-34(26(50)29(27)59-32-24(48)21(45)17(41)12(2)53-32)60-30-22(46)18(42)13(8-37)55-35(30)51-7-5-3-4-6-36/h11-35,37-50H,3-10,36H2,1-2H3/t11?,12?,13?,14?,15?,16-,17-,18+,19+,20-,21-,22-,23?,24?,25?,26?,27+,28-,29+,30?,31-,32-,33-,34+,35-/m0/s1. The third-order valence-electron chi connectivity index (χ3n) is 11.4. The van der Waals surface area contributed by atoms with Gasteiger partial charge >= 0.3 is 0 Å². The predicted octanol–water partition coefficient (Wildman–Crippen LogP) is -8.72. The number of hydrogen-bond donors (Lipinski definition) is 15. The zero-order valence-corrected chi connectivity index (χ0v) is 33.0. The van der Waals surface area contributed by atoms with Crippen LogP contribution in [0.3, 0.4) is 0 Å². The van der Waals surface area contributed by atoms with Gasteiger partial charge in [-0.15, -0.1) is 0 Å². The number of nitrogens with two attached hydrogens (primary N) is 1. The lowest BCUT2D eigenvalue weighted by Crippen LogP contribution is -2.69. The molecule has 5 fully saturated rings. The molecule has 5 aliphatic heterocycles. The van der Waals surface area contributed by atoms with Crippen LogP contribution < -0.4 is 5.73 Å². The van der Waals surface area contributed by atoms with Crippen LogP contribution in [0.15, 0.2) is 0 Å². The number of aliphatic hydroxyl groups is 14. The van der Waals surface area contributed by atoms with E-state index in [1.165, 1.54) is 13.8 Å². The highest BCUT2D eigenvalue weighted by Gasteiger charge is 2.57. The molecule has 5 aliphatic rings. The highest BCUT2D eigenvalue weighted by molar-refractivity contribution is 4.99. The van der Waals surface area contributed by atoms with Crippen molar-refractivity contribution < 1.29 is 119 Å². The van der Waals surface area contributed by atoms with Crippen molar-refractivity contribution in [3.8, 4) is 0 Å². The Kier molecular flexibility index (Phi) is 18.6. The molecule has 0 aromatic carbocycles. The van der Waals surface area contributed by atoms with Gasteiger partial charge in [-0.25, -0.2) is 0 Å². The van der Waals surface area contributed by atoms with E-state index in [4.69, 9.17) is 53.1 Å². The molecule has 0 bridgehead atoms. The molecule has 5 heterocycles. The molecule has 5 rings (SSSR count). The fourth-order valence-corrected chi connectivity index (χ4v) is 7.63. The molecule has 16 N–H and O–H groups in total. The lowest BCUT2D eigenvalue weighted by molar-refractivity contribution is -0.406. The molecular weight excluding hydrogens is 818 g/mol. The van der Waals surface area contributed by atoms with E-state index < -0.39 is 173 Å². The summed E-state index contributed by atoms with van der Waals surface area (Å²) in [6.45, 7) is 0.580. The molecule has 25 atom stereocenters. The van der Waals surface area contributed by atoms with E-state index >= 15 is 0 Å². The normalized spacial score (nSPS) is 50.5. The monoisotopic (exact) mass is 881 g/mol. The second-order valence-electron chi connectivity index (χ2n) is 15.6. The molecule has 0 aromatic heterocycles. The van der Waals surface area contributed by atoms with Crippen LogP contribution in [0.25, 0.3) is 0 Å². The van der Waals surface area contributed by atoms with Crippen molar-refractivity contribution in [1.29, 1.82) is 0 Å².